The molecule has 1 saturated heterocycles. The molecule has 0 aromatic carbocycles. The number of fused-ring (bicyclic) bond motifs is 2. The van der Waals surface area contributed by atoms with E-state index < -0.39 is 44.5 Å². The molecular weight excluding hydrogens is 654 g/mol. The van der Waals surface area contributed by atoms with E-state index in [-0.39, 0.29) is 43.7 Å². The Kier molecular flexibility index (Phi) is 9.98. The lowest BCUT2D eigenvalue weighted by atomic mass is 9.81. The first-order valence-corrected chi connectivity index (χ1v) is 17.8. The largest absolute Gasteiger partial charge is 0.506 e. The molecule has 1 aromatic heterocycles. The molecule has 14 nitrogen and oxygen atoms in total. The zero-order chi connectivity index (χ0) is 35.7. The van der Waals surface area contributed by atoms with Crippen LogP contribution in [0.2, 0.25) is 0 Å². The highest BCUT2D eigenvalue weighted by Gasteiger charge is 2.43. The van der Waals surface area contributed by atoms with Gasteiger partial charge in [-0.3, -0.25) is 14.1 Å². The van der Waals surface area contributed by atoms with Crippen molar-refractivity contribution >= 4 is 45.3 Å². The van der Waals surface area contributed by atoms with Gasteiger partial charge in [0.15, 0.2) is 11.5 Å². The van der Waals surface area contributed by atoms with E-state index in [2.05, 4.69) is 0 Å². The topological polar surface area (TPSA) is 190 Å². The Morgan fingerprint density at radius 2 is 1.76 bits per heavy atom. The van der Waals surface area contributed by atoms with Crippen LogP contribution in [0.3, 0.4) is 0 Å². The molecule has 0 unspecified atom stereocenters. The van der Waals surface area contributed by atoms with Crippen LogP contribution in [-0.2, 0) is 41.3 Å². The van der Waals surface area contributed by atoms with E-state index in [1.54, 1.807) is 22.9 Å². The molecule has 0 aliphatic carbocycles. The van der Waals surface area contributed by atoms with E-state index in [4.69, 9.17) is 19.4 Å². The Bertz CT molecular complexity index is 1850. The van der Waals surface area contributed by atoms with Crippen LogP contribution < -0.4 is 4.57 Å². The summed E-state index contributed by atoms with van der Waals surface area (Å²) in [4.78, 5) is 52.0. The van der Waals surface area contributed by atoms with Gasteiger partial charge in [-0.2, -0.15) is 8.42 Å². The molecule has 0 bridgehead atoms. The number of rotatable bonds is 13. The van der Waals surface area contributed by atoms with Crippen molar-refractivity contribution in [3.05, 3.63) is 65.4 Å². The first-order chi connectivity index (χ1) is 23.0. The van der Waals surface area contributed by atoms with E-state index in [1.807, 2.05) is 50.8 Å². The maximum atomic E-state index is 12.1. The number of pyridine rings is 1. The van der Waals surface area contributed by atoms with Gasteiger partial charge in [0.2, 0.25) is 0 Å². The van der Waals surface area contributed by atoms with Crippen LogP contribution in [0.5, 0.6) is 5.75 Å². The highest BCUT2D eigenvalue weighted by Crippen LogP contribution is 2.45. The zero-order valence-corrected chi connectivity index (χ0v) is 28.9. The van der Waals surface area contributed by atoms with Crippen LogP contribution in [0.25, 0.3) is 0 Å². The van der Waals surface area contributed by atoms with Gasteiger partial charge in [-0.1, -0.05) is 26.3 Å². The van der Waals surface area contributed by atoms with Crippen molar-refractivity contribution in [1.82, 2.24) is 9.96 Å². The second-order valence-electron chi connectivity index (χ2n) is 13.5. The van der Waals surface area contributed by atoms with Crippen LogP contribution in [0.1, 0.15) is 78.2 Å². The van der Waals surface area contributed by atoms with Crippen molar-refractivity contribution in [3.63, 3.8) is 0 Å². The number of amidine groups is 1. The summed E-state index contributed by atoms with van der Waals surface area (Å²) in [5.41, 5.74) is 2.08. The summed E-state index contributed by atoms with van der Waals surface area (Å²) in [6.07, 6.45) is 12.7. The van der Waals surface area contributed by atoms with Crippen molar-refractivity contribution in [2.75, 3.05) is 12.3 Å². The Morgan fingerprint density at radius 3 is 2.45 bits per heavy atom. The van der Waals surface area contributed by atoms with Gasteiger partial charge in [0.25, 0.3) is 21.9 Å². The monoisotopic (exact) mass is 696 g/mol. The molecule has 4 aliphatic rings. The lowest BCUT2D eigenvalue weighted by Gasteiger charge is -2.29. The minimum Gasteiger partial charge on any atom is -0.506 e. The molecule has 4 aliphatic heterocycles. The lowest BCUT2D eigenvalue weighted by molar-refractivity contribution is -0.684. The summed E-state index contributed by atoms with van der Waals surface area (Å²) in [6, 6.07) is 1.65. The first kappa shape index (κ1) is 35.7. The number of aryl methyl sites for hydroxylation is 1. The highest BCUT2D eigenvalue weighted by molar-refractivity contribution is 7.85. The number of hydroxylamine groups is 2. The summed E-state index contributed by atoms with van der Waals surface area (Å²) in [5, 5.41) is 21.5. The third-order valence-electron chi connectivity index (χ3n) is 9.05. The summed E-state index contributed by atoms with van der Waals surface area (Å²) in [7, 11) is -4.11. The molecule has 15 heteroatoms. The number of hydrogen-bond donors (Lipinski definition) is 3. The third-order valence-corrected chi connectivity index (χ3v) is 9.86. The molecule has 5 heterocycles. The number of aromatic nitrogens is 1. The molecule has 0 radical (unpaired) electrons. The molecular formula is C34H42N5O9S+. The average molecular weight is 697 g/mol. The van der Waals surface area contributed by atoms with Crippen LogP contribution in [0, 0.1) is 5.41 Å². The fraction of sp³-hybridized carbons (Fsp3) is 0.471. The number of unbranched alkanes of at least 4 members (excludes halogenated alkanes) is 2. The van der Waals surface area contributed by atoms with Crippen LogP contribution in [-0.4, -0.2) is 74.8 Å². The van der Waals surface area contributed by atoms with Crippen molar-refractivity contribution in [2.45, 2.75) is 84.6 Å². The standard InChI is InChI=1S/C34H41N5O9S/c1-33(2)24-18-22(40)20-37(15-7-5-6-12-30(44)48-39-28(42)13-14-29(39)43)31(24)35-26(33)10-8-11-27-34(3,4)25-19-23(41)21-38(32(25)36-27)16-9-17-49(45,46)47/h8,10-11,18-21H,5-7,9,12-17H2,1-4H3,(H2-,40,41,45,46,47)/p+1. The number of imide groups is 1. The maximum Gasteiger partial charge on any atom is 0.333 e. The van der Waals surface area contributed by atoms with Gasteiger partial charge in [-0.25, -0.2) is 14.4 Å². The molecule has 1 fully saturated rings. The van der Waals surface area contributed by atoms with Gasteiger partial charge in [0.1, 0.15) is 17.8 Å². The number of aromatic hydroxyl groups is 1. The minimum atomic E-state index is -4.11. The van der Waals surface area contributed by atoms with E-state index >= 15 is 0 Å². The number of hydrogen-bond acceptors (Lipinski definition) is 11. The smallest absolute Gasteiger partial charge is 0.333 e. The zero-order valence-electron chi connectivity index (χ0n) is 28.0. The van der Waals surface area contributed by atoms with Crippen LogP contribution in [0.15, 0.2) is 69.8 Å². The Labute approximate surface area is 285 Å². The number of aliphatic hydroxyl groups is 1. The number of aliphatic imine (C=N–C) groups is 2. The van der Waals surface area contributed by atoms with Gasteiger partial charge in [0, 0.05) is 49.4 Å². The van der Waals surface area contributed by atoms with E-state index in [0.29, 0.717) is 36.7 Å². The molecule has 0 spiro atoms. The molecule has 2 amide bonds. The van der Waals surface area contributed by atoms with E-state index in [0.717, 1.165) is 28.4 Å². The summed E-state index contributed by atoms with van der Waals surface area (Å²) in [5.74, 6) is -0.583. The quantitative estimate of drug-likeness (QED) is 0.118. The van der Waals surface area contributed by atoms with Gasteiger partial charge in [0.05, 0.1) is 29.0 Å². The number of aliphatic hydroxyl groups excluding tert-OH is 1. The van der Waals surface area contributed by atoms with Crippen molar-refractivity contribution in [2.24, 2.45) is 15.4 Å². The van der Waals surface area contributed by atoms with E-state index in [1.165, 1.54) is 6.20 Å². The fourth-order valence-corrected chi connectivity index (χ4v) is 6.71. The minimum absolute atomic E-state index is 0.0254. The molecule has 0 atom stereocenters. The number of carbonyl (C=O) groups excluding carboxylic acids is 3. The summed E-state index contributed by atoms with van der Waals surface area (Å²) < 4.78 is 33.2. The molecule has 5 rings (SSSR count). The SMILES string of the molecule is CC1(C)C2=CC(O)=CN(CCCCCC(=O)ON3C(=O)CCC3=O)C2=N/C1=C\C=C\C1=Nc2c(cc(O)c[n+]2CCCS(=O)(=O)O)C1(C)C. The number of nitrogens with zero attached hydrogens (tertiary/aromatic N) is 5. The average Bonchev–Trinajstić information content (AvgIpc) is 3.55. The predicted molar refractivity (Wildman–Crippen MR) is 179 cm³/mol. The summed E-state index contributed by atoms with van der Waals surface area (Å²) in [6.45, 7) is 8.81. The van der Waals surface area contributed by atoms with Gasteiger partial charge in [-0.05, 0) is 56.0 Å². The molecule has 1 aromatic rings. The van der Waals surface area contributed by atoms with Crippen molar-refractivity contribution < 1.29 is 47.0 Å². The predicted octanol–water partition coefficient (Wildman–Crippen LogP) is 4.01. The van der Waals surface area contributed by atoms with Crippen LogP contribution >= 0.6 is 0 Å². The molecule has 0 saturated carbocycles. The van der Waals surface area contributed by atoms with Crippen molar-refractivity contribution in [1.29, 1.82) is 0 Å². The normalized spacial score (nSPS) is 20.4. The second kappa shape index (κ2) is 13.7. The third kappa shape index (κ3) is 7.83. The van der Waals surface area contributed by atoms with Crippen molar-refractivity contribution in [3.8, 4) is 5.75 Å². The molecule has 49 heavy (non-hydrogen) atoms. The fourth-order valence-electron chi connectivity index (χ4n) is 6.22. The Balaban J connectivity index is 1.24. The Hall–Kier alpha value is -4.63. The lowest BCUT2D eigenvalue weighted by Crippen LogP contribution is -2.35. The number of amides is 2. The van der Waals surface area contributed by atoms with Gasteiger partial charge >= 0.3 is 11.8 Å². The maximum absolute atomic E-state index is 12.1. The first-order valence-electron chi connectivity index (χ1n) is 16.2. The second-order valence-corrected chi connectivity index (χ2v) is 15.1. The van der Waals surface area contributed by atoms with E-state index in [9.17, 15) is 33.0 Å². The van der Waals surface area contributed by atoms with Gasteiger partial charge in [-0.15, -0.1) is 5.06 Å². The Morgan fingerprint density at radius 1 is 1.04 bits per heavy atom. The van der Waals surface area contributed by atoms with Gasteiger partial charge < -0.3 is 20.0 Å². The van der Waals surface area contributed by atoms with Crippen LogP contribution in [0.4, 0.5) is 5.82 Å². The molecule has 3 N–H and O–H groups in total. The highest BCUT2D eigenvalue weighted by atomic mass is 32.2. The number of allylic oxidation sites excluding steroid dienone is 5. The number of carbonyl (C=O) groups is 3. The molecule has 262 valence electrons. The summed E-state index contributed by atoms with van der Waals surface area (Å²) >= 11 is 0.